The largest absolute Gasteiger partial charge is 0.494 e. The summed E-state index contributed by atoms with van der Waals surface area (Å²) in [6.07, 6.45) is 2.59. The van der Waals surface area contributed by atoms with Crippen LogP contribution in [0.2, 0.25) is 0 Å². The van der Waals surface area contributed by atoms with Gasteiger partial charge in [-0.2, -0.15) is 0 Å². The number of benzene rings is 2. The van der Waals surface area contributed by atoms with E-state index in [1.54, 1.807) is 11.0 Å². The molecule has 2 atom stereocenters. The minimum atomic E-state index is -0.427. The van der Waals surface area contributed by atoms with Gasteiger partial charge in [0.1, 0.15) is 6.10 Å². The van der Waals surface area contributed by atoms with Crippen molar-refractivity contribution in [2.24, 2.45) is 5.92 Å². The van der Waals surface area contributed by atoms with E-state index in [1.807, 2.05) is 24.3 Å². The molecule has 0 N–H and O–H groups in total. The molecule has 6 heteroatoms. The van der Waals surface area contributed by atoms with Gasteiger partial charge in [0.25, 0.3) is 0 Å². The fourth-order valence-electron chi connectivity index (χ4n) is 5.22. The van der Waals surface area contributed by atoms with Crippen LogP contribution in [0.25, 0.3) is 0 Å². The number of hydrogen-bond donors (Lipinski definition) is 0. The molecule has 4 heterocycles. The van der Waals surface area contributed by atoms with Crippen molar-refractivity contribution in [1.82, 2.24) is 9.80 Å². The summed E-state index contributed by atoms with van der Waals surface area (Å²) >= 11 is 0. The van der Waals surface area contributed by atoms with Gasteiger partial charge in [-0.25, -0.2) is 9.18 Å². The Bertz CT molecular complexity index is 942. The molecule has 3 fully saturated rings. The van der Waals surface area contributed by atoms with Crippen LogP contribution in [-0.4, -0.2) is 55.3 Å². The van der Waals surface area contributed by atoms with Gasteiger partial charge in [-0.3, -0.25) is 9.80 Å². The van der Waals surface area contributed by atoms with E-state index < -0.39 is 5.82 Å². The summed E-state index contributed by atoms with van der Waals surface area (Å²) in [6.45, 7) is 3.57. The third kappa shape index (κ3) is 3.43. The Hall–Kier alpha value is -2.60. The summed E-state index contributed by atoms with van der Waals surface area (Å²) in [6, 6.07) is 12.6. The van der Waals surface area contributed by atoms with Crippen LogP contribution in [0.15, 0.2) is 42.5 Å². The predicted octanol–water partition coefficient (Wildman–Crippen LogP) is 4.01. The average molecular weight is 410 g/mol. The molecule has 2 bridgehead atoms. The van der Waals surface area contributed by atoms with E-state index in [0.29, 0.717) is 12.5 Å². The molecule has 0 saturated carbocycles. The first kappa shape index (κ1) is 19.4. The lowest BCUT2D eigenvalue weighted by Gasteiger charge is -2.45. The van der Waals surface area contributed by atoms with E-state index in [2.05, 4.69) is 11.0 Å². The lowest BCUT2D eigenvalue weighted by Crippen LogP contribution is -2.53. The molecule has 6 rings (SSSR count). The molecule has 0 aliphatic carbocycles. The van der Waals surface area contributed by atoms with Crippen molar-refractivity contribution in [2.45, 2.75) is 31.4 Å². The van der Waals surface area contributed by atoms with Crippen molar-refractivity contribution in [3.05, 3.63) is 65.0 Å². The first-order valence-electron chi connectivity index (χ1n) is 10.7. The van der Waals surface area contributed by atoms with Gasteiger partial charge >= 0.3 is 6.09 Å². The van der Waals surface area contributed by atoms with Crippen LogP contribution in [0.4, 0.5) is 9.18 Å². The molecular weight excluding hydrogens is 383 g/mol. The molecule has 158 valence electrons. The second-order valence-corrected chi connectivity index (χ2v) is 8.50. The van der Waals surface area contributed by atoms with Gasteiger partial charge in [0, 0.05) is 13.1 Å². The lowest BCUT2D eigenvalue weighted by molar-refractivity contribution is -0.0462. The van der Waals surface area contributed by atoms with Crippen molar-refractivity contribution < 1.29 is 18.7 Å². The van der Waals surface area contributed by atoms with Crippen molar-refractivity contribution in [2.75, 3.05) is 33.3 Å². The van der Waals surface area contributed by atoms with Gasteiger partial charge in [-0.15, -0.1) is 0 Å². The summed E-state index contributed by atoms with van der Waals surface area (Å²) in [5.74, 6) is 0.223. The van der Waals surface area contributed by atoms with Crippen LogP contribution in [0.3, 0.4) is 0 Å². The van der Waals surface area contributed by atoms with Crippen molar-refractivity contribution in [1.29, 1.82) is 0 Å². The first-order valence-corrected chi connectivity index (χ1v) is 10.7. The number of rotatable bonds is 3. The summed E-state index contributed by atoms with van der Waals surface area (Å²) in [5, 5.41) is 0. The van der Waals surface area contributed by atoms with E-state index in [1.165, 1.54) is 18.7 Å². The Morgan fingerprint density at radius 2 is 1.90 bits per heavy atom. The molecule has 0 radical (unpaired) electrons. The Kier molecular flexibility index (Phi) is 5.11. The Morgan fingerprint density at radius 1 is 1.10 bits per heavy atom. The zero-order valence-corrected chi connectivity index (χ0v) is 17.2. The van der Waals surface area contributed by atoms with Crippen molar-refractivity contribution in [3.8, 4) is 5.75 Å². The van der Waals surface area contributed by atoms with E-state index in [4.69, 9.17) is 9.47 Å². The van der Waals surface area contributed by atoms with E-state index in [-0.39, 0.29) is 24.0 Å². The zero-order chi connectivity index (χ0) is 20.7. The fourth-order valence-corrected chi connectivity index (χ4v) is 5.22. The van der Waals surface area contributed by atoms with Crippen molar-refractivity contribution >= 4 is 6.09 Å². The molecule has 4 aliphatic rings. The van der Waals surface area contributed by atoms with Crippen LogP contribution in [-0.2, 0) is 11.2 Å². The third-order valence-electron chi connectivity index (χ3n) is 6.86. The molecule has 3 saturated heterocycles. The molecule has 0 aromatic heterocycles. The molecule has 2 aromatic carbocycles. The second-order valence-electron chi connectivity index (χ2n) is 8.50. The maximum Gasteiger partial charge on any atom is 0.410 e. The Morgan fingerprint density at radius 3 is 2.60 bits per heavy atom. The number of carbonyl (C=O) groups is 1. The maximum atomic E-state index is 14.5. The van der Waals surface area contributed by atoms with Crippen LogP contribution in [0, 0.1) is 11.7 Å². The number of methoxy groups -OCH3 is 1. The molecule has 4 aliphatic heterocycles. The van der Waals surface area contributed by atoms with Crippen LogP contribution in [0.5, 0.6) is 5.75 Å². The lowest BCUT2D eigenvalue weighted by atomic mass is 9.86. The highest BCUT2D eigenvalue weighted by Gasteiger charge is 2.39. The number of amides is 1. The maximum absolute atomic E-state index is 14.5. The Balaban J connectivity index is 1.45. The molecular formula is C24H27FN2O3. The summed E-state index contributed by atoms with van der Waals surface area (Å²) in [4.78, 5) is 17.5. The molecule has 2 aromatic rings. The van der Waals surface area contributed by atoms with E-state index in [9.17, 15) is 9.18 Å². The fraction of sp³-hybridized carbons (Fsp3) is 0.458. The summed E-state index contributed by atoms with van der Waals surface area (Å²) in [7, 11) is 1.45. The average Bonchev–Trinajstić information content (AvgIpc) is 2.79. The molecule has 5 nitrogen and oxygen atoms in total. The normalized spacial score (nSPS) is 27.5. The minimum Gasteiger partial charge on any atom is -0.494 e. The summed E-state index contributed by atoms with van der Waals surface area (Å²) in [5.41, 5.74) is 2.94. The first-order chi connectivity index (χ1) is 14.6. The van der Waals surface area contributed by atoms with Crippen LogP contribution < -0.4 is 4.74 Å². The topological polar surface area (TPSA) is 42.0 Å². The van der Waals surface area contributed by atoms with Gasteiger partial charge in [0.15, 0.2) is 11.6 Å². The number of carbonyl (C=O) groups excluding carboxylic acids is 1. The smallest absolute Gasteiger partial charge is 0.410 e. The van der Waals surface area contributed by atoms with Gasteiger partial charge in [-0.1, -0.05) is 30.3 Å². The van der Waals surface area contributed by atoms with Gasteiger partial charge in [0.05, 0.1) is 13.2 Å². The highest BCUT2D eigenvalue weighted by molar-refractivity contribution is 5.70. The standard InChI is InChI=1S/C24H27FN2O3/c1-29-21-7-6-18(14-20(21)25)23-19-5-3-2-4-16(19)10-13-27(23)24(28)30-22-15-26-11-8-17(22)9-12-26/h2-7,14,17,22-23H,8-13,15H2,1H3/t22-,23+/m1/s1. The highest BCUT2D eigenvalue weighted by atomic mass is 19.1. The molecule has 30 heavy (non-hydrogen) atoms. The number of piperidine rings is 3. The van der Waals surface area contributed by atoms with E-state index >= 15 is 0 Å². The highest BCUT2D eigenvalue weighted by Crippen LogP contribution is 2.38. The quantitative estimate of drug-likeness (QED) is 0.767. The number of fused-ring (bicyclic) bond motifs is 4. The second kappa shape index (κ2) is 7.91. The molecule has 0 spiro atoms. The number of nitrogens with zero attached hydrogens (tertiary/aromatic N) is 2. The van der Waals surface area contributed by atoms with E-state index in [0.717, 1.165) is 50.0 Å². The number of ether oxygens (including phenoxy) is 2. The number of hydrogen-bond acceptors (Lipinski definition) is 4. The van der Waals surface area contributed by atoms with Crippen molar-refractivity contribution in [3.63, 3.8) is 0 Å². The Labute approximate surface area is 176 Å². The monoisotopic (exact) mass is 410 g/mol. The van der Waals surface area contributed by atoms with Crippen LogP contribution >= 0.6 is 0 Å². The number of halogens is 1. The minimum absolute atomic E-state index is 0.0505. The zero-order valence-electron chi connectivity index (χ0n) is 17.2. The third-order valence-corrected chi connectivity index (χ3v) is 6.86. The SMILES string of the molecule is COc1ccc([C@H]2c3ccccc3CCN2C(=O)O[C@@H]2CN3CCC2CC3)cc1F. The predicted molar refractivity (Wildman–Crippen MR) is 111 cm³/mol. The molecule has 0 unspecified atom stereocenters. The van der Waals surface area contributed by atoms with Gasteiger partial charge in [-0.05, 0) is 67.1 Å². The summed E-state index contributed by atoms with van der Waals surface area (Å²) < 4.78 is 25.6. The van der Waals surface area contributed by atoms with Gasteiger partial charge < -0.3 is 9.47 Å². The van der Waals surface area contributed by atoms with Crippen LogP contribution in [0.1, 0.15) is 35.6 Å². The van der Waals surface area contributed by atoms with Gasteiger partial charge in [0.2, 0.25) is 0 Å². The molecule has 1 amide bonds.